The van der Waals surface area contributed by atoms with Crippen LogP contribution in [-0.4, -0.2) is 28.5 Å². The molecule has 3 rings (SSSR count). The number of carbonyl (C=O) groups excluding carboxylic acids is 2. The topological polar surface area (TPSA) is 111 Å². The second-order valence-corrected chi connectivity index (χ2v) is 6.85. The lowest BCUT2D eigenvalue weighted by atomic mass is 10.2. The lowest BCUT2D eigenvalue weighted by Crippen LogP contribution is -2.17. The number of aryl methyl sites for hydroxylation is 2. The molecule has 3 heterocycles. The van der Waals surface area contributed by atoms with Crippen LogP contribution in [0, 0.1) is 13.8 Å². The van der Waals surface area contributed by atoms with Crippen molar-refractivity contribution in [1.82, 2.24) is 9.97 Å². The van der Waals surface area contributed by atoms with Crippen molar-refractivity contribution in [3.05, 3.63) is 50.3 Å². The fourth-order valence-corrected chi connectivity index (χ4v) is 3.70. The van der Waals surface area contributed by atoms with E-state index in [9.17, 15) is 14.4 Å². The van der Waals surface area contributed by atoms with Crippen LogP contribution in [0.4, 0.5) is 0 Å². The SMILES string of the molecule is CCOC(=O)c1sc2nc([C@@H](C)OC(=O)c3ccoc3C)[nH]c(=O)c2c1C. The van der Waals surface area contributed by atoms with E-state index >= 15 is 0 Å². The van der Waals surface area contributed by atoms with Crippen molar-refractivity contribution in [2.24, 2.45) is 0 Å². The third kappa shape index (κ3) is 3.50. The van der Waals surface area contributed by atoms with Crippen molar-refractivity contribution >= 4 is 33.5 Å². The van der Waals surface area contributed by atoms with Gasteiger partial charge in [-0.05, 0) is 39.3 Å². The van der Waals surface area contributed by atoms with Crippen molar-refractivity contribution in [2.45, 2.75) is 33.8 Å². The zero-order valence-corrected chi connectivity index (χ0v) is 16.1. The smallest absolute Gasteiger partial charge is 0.348 e. The molecule has 0 spiro atoms. The highest BCUT2D eigenvalue weighted by atomic mass is 32.1. The van der Waals surface area contributed by atoms with Gasteiger partial charge in [-0.15, -0.1) is 11.3 Å². The Balaban J connectivity index is 1.93. The maximum atomic E-state index is 12.5. The Kier molecular flexibility index (Phi) is 5.13. The van der Waals surface area contributed by atoms with E-state index in [1.54, 1.807) is 27.7 Å². The van der Waals surface area contributed by atoms with Gasteiger partial charge in [-0.3, -0.25) is 4.79 Å². The van der Waals surface area contributed by atoms with Gasteiger partial charge in [0.2, 0.25) is 0 Å². The highest BCUT2D eigenvalue weighted by Crippen LogP contribution is 2.28. The average Bonchev–Trinajstić information content (AvgIpc) is 3.18. The molecule has 0 fully saturated rings. The molecule has 0 saturated carbocycles. The molecule has 8 nitrogen and oxygen atoms in total. The van der Waals surface area contributed by atoms with Crippen molar-refractivity contribution in [3.8, 4) is 0 Å². The lowest BCUT2D eigenvalue weighted by molar-refractivity contribution is 0.0317. The molecular weight excluding hydrogens is 372 g/mol. The number of hydrogen-bond acceptors (Lipinski definition) is 8. The number of furan rings is 1. The number of H-pyrrole nitrogens is 1. The van der Waals surface area contributed by atoms with Crippen molar-refractivity contribution in [1.29, 1.82) is 0 Å². The van der Waals surface area contributed by atoms with E-state index in [0.717, 1.165) is 11.3 Å². The molecule has 3 aromatic rings. The van der Waals surface area contributed by atoms with Crippen molar-refractivity contribution < 1.29 is 23.5 Å². The molecule has 0 aliphatic rings. The monoisotopic (exact) mass is 390 g/mol. The average molecular weight is 390 g/mol. The maximum absolute atomic E-state index is 12.5. The number of thiophene rings is 1. The third-order valence-corrected chi connectivity index (χ3v) is 5.19. The first-order chi connectivity index (χ1) is 12.8. The number of nitrogens with one attached hydrogen (secondary N) is 1. The normalized spacial score (nSPS) is 12.1. The summed E-state index contributed by atoms with van der Waals surface area (Å²) in [6.07, 6.45) is 0.603. The van der Waals surface area contributed by atoms with Gasteiger partial charge in [-0.1, -0.05) is 0 Å². The Bertz CT molecular complexity index is 1080. The van der Waals surface area contributed by atoms with Crippen LogP contribution < -0.4 is 5.56 Å². The number of ether oxygens (including phenoxy) is 2. The second-order valence-electron chi connectivity index (χ2n) is 5.85. The molecule has 0 unspecified atom stereocenters. The number of esters is 2. The fraction of sp³-hybridized carbons (Fsp3) is 0.333. The van der Waals surface area contributed by atoms with Gasteiger partial charge in [-0.2, -0.15) is 0 Å². The van der Waals surface area contributed by atoms with E-state index in [1.807, 2.05) is 0 Å². The largest absolute Gasteiger partial charge is 0.469 e. The van der Waals surface area contributed by atoms with Gasteiger partial charge >= 0.3 is 11.9 Å². The molecular formula is C18H18N2O6S. The zero-order valence-electron chi connectivity index (χ0n) is 15.2. The van der Waals surface area contributed by atoms with Gasteiger partial charge in [0.15, 0.2) is 11.9 Å². The molecule has 0 aromatic carbocycles. The molecule has 0 aliphatic carbocycles. The first kappa shape index (κ1) is 18.8. The Morgan fingerprint density at radius 3 is 2.70 bits per heavy atom. The molecule has 142 valence electrons. The van der Waals surface area contributed by atoms with E-state index < -0.39 is 23.6 Å². The summed E-state index contributed by atoms with van der Waals surface area (Å²) in [5.74, 6) is -0.435. The van der Waals surface area contributed by atoms with E-state index in [-0.39, 0.29) is 12.4 Å². The zero-order chi connectivity index (χ0) is 19.7. The molecule has 0 aliphatic heterocycles. The summed E-state index contributed by atoms with van der Waals surface area (Å²) in [6, 6.07) is 1.51. The first-order valence-electron chi connectivity index (χ1n) is 8.29. The van der Waals surface area contributed by atoms with Crippen molar-refractivity contribution in [3.63, 3.8) is 0 Å². The predicted molar refractivity (Wildman–Crippen MR) is 98.2 cm³/mol. The standard InChI is InChI=1S/C18H18N2O6S/c1-5-24-18(23)13-8(2)12-15(21)19-14(20-16(12)27-13)10(4)26-17(22)11-6-7-25-9(11)3/h6-7,10H,5H2,1-4H3,(H,19,20,21)/t10-/m1/s1. The summed E-state index contributed by atoms with van der Waals surface area (Å²) in [5.41, 5.74) is 0.427. The maximum Gasteiger partial charge on any atom is 0.348 e. The number of carbonyl (C=O) groups is 2. The Hall–Kier alpha value is -2.94. The number of nitrogens with zero attached hydrogens (tertiary/aromatic N) is 1. The van der Waals surface area contributed by atoms with Gasteiger partial charge in [0, 0.05) is 0 Å². The molecule has 3 aromatic heterocycles. The molecule has 0 saturated heterocycles. The Morgan fingerprint density at radius 1 is 1.33 bits per heavy atom. The number of rotatable bonds is 5. The lowest BCUT2D eigenvalue weighted by Gasteiger charge is -2.12. The van der Waals surface area contributed by atoms with Crippen LogP contribution in [0.2, 0.25) is 0 Å². The molecule has 9 heteroatoms. The molecule has 0 radical (unpaired) electrons. The Labute approximate surface area is 158 Å². The summed E-state index contributed by atoms with van der Waals surface area (Å²) >= 11 is 1.08. The number of fused-ring (bicyclic) bond motifs is 1. The van der Waals surface area contributed by atoms with Crippen LogP contribution in [0.3, 0.4) is 0 Å². The summed E-state index contributed by atoms with van der Waals surface area (Å²) in [4.78, 5) is 44.5. The summed E-state index contributed by atoms with van der Waals surface area (Å²) in [7, 11) is 0. The molecule has 1 N–H and O–H groups in total. The highest BCUT2D eigenvalue weighted by Gasteiger charge is 2.23. The number of aromatic nitrogens is 2. The predicted octanol–water partition coefficient (Wildman–Crippen LogP) is 3.29. The minimum absolute atomic E-state index is 0.193. The van der Waals surface area contributed by atoms with Crippen LogP contribution in [0.1, 0.15) is 57.1 Å². The summed E-state index contributed by atoms with van der Waals surface area (Å²) in [5, 5.41) is 0.330. The number of aromatic amines is 1. The molecule has 0 bridgehead atoms. The van der Waals surface area contributed by atoms with Crippen LogP contribution in [0.5, 0.6) is 0 Å². The fourth-order valence-electron chi connectivity index (χ4n) is 2.62. The van der Waals surface area contributed by atoms with E-state index in [0.29, 0.717) is 32.0 Å². The van der Waals surface area contributed by atoms with Gasteiger partial charge in [0.1, 0.15) is 21.0 Å². The van der Waals surface area contributed by atoms with E-state index in [4.69, 9.17) is 13.9 Å². The van der Waals surface area contributed by atoms with Crippen LogP contribution in [0.25, 0.3) is 10.2 Å². The first-order valence-corrected chi connectivity index (χ1v) is 9.10. The van der Waals surface area contributed by atoms with Crippen LogP contribution in [0.15, 0.2) is 21.5 Å². The highest BCUT2D eigenvalue weighted by molar-refractivity contribution is 7.20. The Morgan fingerprint density at radius 2 is 2.07 bits per heavy atom. The van der Waals surface area contributed by atoms with Gasteiger partial charge < -0.3 is 18.9 Å². The molecule has 1 atom stereocenters. The van der Waals surface area contributed by atoms with Crippen LogP contribution in [-0.2, 0) is 9.47 Å². The summed E-state index contributed by atoms with van der Waals surface area (Å²) in [6.45, 7) is 6.87. The van der Waals surface area contributed by atoms with Gasteiger partial charge in [-0.25, -0.2) is 14.6 Å². The number of hydrogen-bond donors (Lipinski definition) is 1. The quantitative estimate of drug-likeness (QED) is 0.665. The minimum Gasteiger partial charge on any atom is -0.469 e. The van der Waals surface area contributed by atoms with Gasteiger partial charge in [0.25, 0.3) is 5.56 Å². The molecule has 0 amide bonds. The van der Waals surface area contributed by atoms with Gasteiger partial charge in [0.05, 0.1) is 18.3 Å². The minimum atomic E-state index is -0.794. The molecule has 27 heavy (non-hydrogen) atoms. The second kappa shape index (κ2) is 7.36. The summed E-state index contributed by atoms with van der Waals surface area (Å²) < 4.78 is 15.5. The van der Waals surface area contributed by atoms with Crippen molar-refractivity contribution in [2.75, 3.05) is 6.61 Å². The third-order valence-electron chi connectivity index (χ3n) is 4.03. The van der Waals surface area contributed by atoms with E-state index in [2.05, 4.69) is 9.97 Å². The van der Waals surface area contributed by atoms with Crippen LogP contribution >= 0.6 is 11.3 Å². The van der Waals surface area contributed by atoms with E-state index in [1.165, 1.54) is 12.3 Å².